The highest BCUT2D eigenvalue weighted by atomic mass is 32.2. The first-order chi connectivity index (χ1) is 4.34. The standard InChI is InChI=1S/C8H14S/c1-7-5-3-4-6-8(7)9-2/h4,6-8H,3,5H2,1-2H3. The zero-order valence-electron chi connectivity index (χ0n) is 6.13. The molecule has 0 heterocycles. The molecule has 0 aromatic heterocycles. The minimum absolute atomic E-state index is 0.791. The van der Waals surface area contributed by atoms with Crippen LogP contribution in [-0.2, 0) is 0 Å². The molecule has 0 amide bonds. The lowest BCUT2D eigenvalue weighted by atomic mass is 9.96. The third kappa shape index (κ3) is 1.75. The van der Waals surface area contributed by atoms with Crippen molar-refractivity contribution in [1.29, 1.82) is 0 Å². The minimum atomic E-state index is 0.791. The molecule has 0 saturated carbocycles. The maximum atomic E-state index is 2.35. The summed E-state index contributed by atoms with van der Waals surface area (Å²) < 4.78 is 0. The number of hydrogen-bond donors (Lipinski definition) is 0. The molecule has 52 valence electrons. The number of rotatable bonds is 1. The van der Waals surface area contributed by atoms with Crippen LogP contribution in [0.3, 0.4) is 0 Å². The van der Waals surface area contributed by atoms with E-state index in [4.69, 9.17) is 0 Å². The second-order valence-electron chi connectivity index (χ2n) is 2.68. The van der Waals surface area contributed by atoms with E-state index in [-0.39, 0.29) is 0 Å². The first kappa shape index (κ1) is 7.20. The van der Waals surface area contributed by atoms with E-state index >= 15 is 0 Å². The molecular formula is C8H14S. The fourth-order valence-corrected chi connectivity index (χ4v) is 2.12. The molecule has 1 heteroatoms. The fraction of sp³-hybridized carbons (Fsp3) is 0.750. The van der Waals surface area contributed by atoms with E-state index in [0.717, 1.165) is 11.2 Å². The van der Waals surface area contributed by atoms with E-state index in [2.05, 4.69) is 25.3 Å². The fourth-order valence-electron chi connectivity index (χ4n) is 1.25. The van der Waals surface area contributed by atoms with E-state index in [0.29, 0.717) is 0 Å². The first-order valence-corrected chi connectivity index (χ1v) is 4.83. The monoisotopic (exact) mass is 142 g/mol. The van der Waals surface area contributed by atoms with E-state index in [1.807, 2.05) is 11.8 Å². The smallest absolute Gasteiger partial charge is 0.0250 e. The lowest BCUT2D eigenvalue weighted by molar-refractivity contribution is 0.538. The Hall–Kier alpha value is 0.0900. The van der Waals surface area contributed by atoms with E-state index in [1.165, 1.54) is 12.8 Å². The van der Waals surface area contributed by atoms with Gasteiger partial charge in [0.15, 0.2) is 0 Å². The Kier molecular flexibility index (Phi) is 2.65. The number of thioether (sulfide) groups is 1. The van der Waals surface area contributed by atoms with Gasteiger partial charge >= 0.3 is 0 Å². The van der Waals surface area contributed by atoms with E-state index in [9.17, 15) is 0 Å². The van der Waals surface area contributed by atoms with Crippen LogP contribution in [0.1, 0.15) is 19.8 Å². The summed E-state index contributed by atoms with van der Waals surface area (Å²) in [6, 6.07) is 0. The second kappa shape index (κ2) is 3.31. The van der Waals surface area contributed by atoms with Crippen molar-refractivity contribution < 1.29 is 0 Å². The Bertz CT molecular complexity index is 107. The van der Waals surface area contributed by atoms with Gasteiger partial charge in [-0.2, -0.15) is 11.8 Å². The van der Waals surface area contributed by atoms with E-state index < -0.39 is 0 Å². The molecule has 2 unspecified atom stereocenters. The summed E-state index contributed by atoms with van der Waals surface area (Å²) >= 11 is 1.97. The van der Waals surface area contributed by atoms with Crippen molar-refractivity contribution in [2.45, 2.75) is 25.0 Å². The van der Waals surface area contributed by atoms with Gasteiger partial charge in [0, 0.05) is 5.25 Å². The van der Waals surface area contributed by atoms with Gasteiger partial charge in [0.1, 0.15) is 0 Å². The van der Waals surface area contributed by atoms with Gasteiger partial charge < -0.3 is 0 Å². The van der Waals surface area contributed by atoms with Gasteiger partial charge in [-0.25, -0.2) is 0 Å². The van der Waals surface area contributed by atoms with Crippen LogP contribution in [0.5, 0.6) is 0 Å². The maximum Gasteiger partial charge on any atom is 0.0250 e. The summed E-state index contributed by atoms with van der Waals surface area (Å²) in [5.74, 6) is 0.894. The zero-order valence-corrected chi connectivity index (χ0v) is 6.95. The lowest BCUT2D eigenvalue weighted by Gasteiger charge is -2.21. The molecule has 0 bridgehead atoms. The quantitative estimate of drug-likeness (QED) is 0.507. The third-order valence-corrected chi connectivity index (χ3v) is 3.11. The highest BCUT2D eigenvalue weighted by molar-refractivity contribution is 7.99. The molecule has 0 nitrogen and oxygen atoms in total. The molecule has 0 aromatic rings. The summed E-state index contributed by atoms with van der Waals surface area (Å²) in [5, 5.41) is 0.791. The van der Waals surface area contributed by atoms with Crippen molar-refractivity contribution in [1.82, 2.24) is 0 Å². The molecule has 1 aliphatic carbocycles. The number of hydrogen-bond acceptors (Lipinski definition) is 1. The van der Waals surface area contributed by atoms with Gasteiger partial charge in [-0.3, -0.25) is 0 Å². The SMILES string of the molecule is CSC1C=CCCC1C. The predicted molar refractivity (Wildman–Crippen MR) is 44.8 cm³/mol. The van der Waals surface area contributed by atoms with E-state index in [1.54, 1.807) is 0 Å². The van der Waals surface area contributed by atoms with Gasteiger partial charge in [-0.15, -0.1) is 0 Å². The van der Waals surface area contributed by atoms with Gasteiger partial charge in [0.05, 0.1) is 0 Å². The molecule has 1 aliphatic rings. The molecule has 0 fully saturated rings. The van der Waals surface area contributed by atoms with Gasteiger partial charge in [-0.1, -0.05) is 19.1 Å². The largest absolute Gasteiger partial charge is 0.158 e. The van der Waals surface area contributed by atoms with Gasteiger partial charge in [-0.05, 0) is 25.0 Å². The molecule has 0 radical (unpaired) electrons. The molecule has 0 saturated heterocycles. The van der Waals surface area contributed by atoms with Crippen LogP contribution in [0.2, 0.25) is 0 Å². The van der Waals surface area contributed by atoms with Crippen LogP contribution in [0.15, 0.2) is 12.2 Å². The van der Waals surface area contributed by atoms with Crippen molar-refractivity contribution in [3.8, 4) is 0 Å². The summed E-state index contributed by atoms with van der Waals surface area (Å²) in [6.45, 7) is 2.34. The Morgan fingerprint density at radius 3 is 2.78 bits per heavy atom. The topological polar surface area (TPSA) is 0 Å². The molecule has 0 aliphatic heterocycles. The van der Waals surface area contributed by atoms with Crippen LogP contribution in [0.25, 0.3) is 0 Å². The predicted octanol–water partition coefficient (Wildman–Crippen LogP) is 2.70. The van der Waals surface area contributed by atoms with Crippen molar-refractivity contribution in [2.75, 3.05) is 6.26 Å². The van der Waals surface area contributed by atoms with Crippen molar-refractivity contribution in [2.24, 2.45) is 5.92 Å². The highest BCUT2D eigenvalue weighted by Gasteiger charge is 2.14. The summed E-state index contributed by atoms with van der Waals surface area (Å²) in [4.78, 5) is 0. The molecule has 2 atom stereocenters. The highest BCUT2D eigenvalue weighted by Crippen LogP contribution is 2.26. The molecule has 1 rings (SSSR count). The molecule has 0 N–H and O–H groups in total. The van der Waals surface area contributed by atoms with Crippen LogP contribution < -0.4 is 0 Å². The Balaban J connectivity index is 2.46. The first-order valence-electron chi connectivity index (χ1n) is 3.54. The average molecular weight is 142 g/mol. The number of allylic oxidation sites excluding steroid dienone is 1. The third-order valence-electron chi connectivity index (χ3n) is 1.95. The van der Waals surface area contributed by atoms with Crippen molar-refractivity contribution in [3.63, 3.8) is 0 Å². The zero-order chi connectivity index (χ0) is 6.69. The second-order valence-corrected chi connectivity index (χ2v) is 3.70. The van der Waals surface area contributed by atoms with Crippen LogP contribution in [0, 0.1) is 5.92 Å². The summed E-state index contributed by atoms with van der Waals surface area (Å²) in [6.07, 6.45) is 9.51. The molecule has 9 heavy (non-hydrogen) atoms. The lowest BCUT2D eigenvalue weighted by Crippen LogP contribution is -2.13. The van der Waals surface area contributed by atoms with Crippen molar-refractivity contribution >= 4 is 11.8 Å². The van der Waals surface area contributed by atoms with Crippen LogP contribution in [0.4, 0.5) is 0 Å². The summed E-state index contributed by atoms with van der Waals surface area (Å²) in [5.41, 5.74) is 0. The normalized spacial score (nSPS) is 34.9. The Morgan fingerprint density at radius 2 is 2.33 bits per heavy atom. The summed E-state index contributed by atoms with van der Waals surface area (Å²) in [7, 11) is 0. The Morgan fingerprint density at radius 1 is 1.56 bits per heavy atom. The molecular weight excluding hydrogens is 128 g/mol. The van der Waals surface area contributed by atoms with Crippen LogP contribution >= 0.6 is 11.8 Å². The maximum absolute atomic E-state index is 2.35. The average Bonchev–Trinajstić information content (AvgIpc) is 1.89. The Labute approximate surface area is 61.7 Å². The van der Waals surface area contributed by atoms with Crippen molar-refractivity contribution in [3.05, 3.63) is 12.2 Å². The molecule has 0 spiro atoms. The van der Waals surface area contributed by atoms with Gasteiger partial charge in [0.25, 0.3) is 0 Å². The minimum Gasteiger partial charge on any atom is -0.158 e. The van der Waals surface area contributed by atoms with Gasteiger partial charge in [0.2, 0.25) is 0 Å². The molecule has 0 aromatic carbocycles. The van der Waals surface area contributed by atoms with Crippen LogP contribution in [-0.4, -0.2) is 11.5 Å².